The molecule has 15 nitrogen and oxygen atoms in total. The highest BCUT2D eigenvalue weighted by Crippen LogP contribution is 2.04. The van der Waals surface area contributed by atoms with Crippen LogP contribution in [-0.2, 0) is 35.2 Å². The summed E-state index contributed by atoms with van der Waals surface area (Å²) in [6, 6.07) is -5.15. The summed E-state index contributed by atoms with van der Waals surface area (Å²) in [6.07, 6.45) is 1.58. The third-order valence-corrected chi connectivity index (χ3v) is 5.09. The Kier molecular flexibility index (Phi) is 12.2. The molecule has 0 saturated heterocycles. The number of H-pyrrole nitrogens is 1. The van der Waals surface area contributed by atoms with Crippen LogP contribution in [0, 0.1) is 0 Å². The molecule has 0 bridgehead atoms. The number of amides is 4. The van der Waals surface area contributed by atoms with Gasteiger partial charge in [0.1, 0.15) is 18.1 Å². The van der Waals surface area contributed by atoms with Crippen molar-refractivity contribution in [3.8, 4) is 0 Å². The van der Waals surface area contributed by atoms with Gasteiger partial charge in [-0.15, -0.1) is 0 Å². The number of aromatic amines is 1. The van der Waals surface area contributed by atoms with E-state index in [2.05, 4.69) is 38.5 Å². The van der Waals surface area contributed by atoms with Crippen LogP contribution in [0.15, 0.2) is 12.5 Å². The van der Waals surface area contributed by atoms with Crippen molar-refractivity contribution >= 4 is 48.2 Å². The van der Waals surface area contributed by atoms with Crippen molar-refractivity contribution in [1.29, 1.82) is 0 Å². The first-order valence-corrected chi connectivity index (χ1v) is 11.1. The summed E-state index contributed by atoms with van der Waals surface area (Å²) in [4.78, 5) is 77.5. The number of carbonyl (C=O) groups excluding carboxylic acids is 4. The minimum absolute atomic E-state index is 0.106. The Morgan fingerprint density at radius 2 is 1.54 bits per heavy atom. The molecule has 0 radical (unpaired) electrons. The number of thiol groups is 1. The maximum Gasteiger partial charge on any atom is 0.326 e. The van der Waals surface area contributed by atoms with Gasteiger partial charge in [-0.05, 0) is 12.8 Å². The predicted molar refractivity (Wildman–Crippen MR) is 123 cm³/mol. The maximum absolute atomic E-state index is 12.8. The molecule has 0 aromatic carbocycles. The Morgan fingerprint density at radius 1 is 0.943 bits per heavy atom. The standard InChI is InChI=1S/C19H29N7O8S/c20-10(1-4-15(28)29)16(30)26-13(7-35)18(32)25-12(5-9-6-22-8-23-9)17(31)24-11(19(33)34)2-3-14(21)27/h6,8,10-13,35H,1-5,7,20H2,(H2,21,27)(H,22,23)(H,24,31)(H,25,32)(H,26,30)(H,28,29)(H,33,34). The molecule has 1 rings (SSSR count). The molecule has 1 aromatic heterocycles. The van der Waals surface area contributed by atoms with Gasteiger partial charge in [0, 0.05) is 36.9 Å². The number of aliphatic carboxylic acids is 2. The minimum atomic E-state index is -1.44. The molecule has 0 aliphatic heterocycles. The molecule has 0 fully saturated rings. The molecule has 0 spiro atoms. The number of rotatable bonds is 16. The third-order valence-electron chi connectivity index (χ3n) is 4.73. The topological polar surface area (TPSA) is 260 Å². The lowest BCUT2D eigenvalue weighted by molar-refractivity contribution is -0.142. The Bertz CT molecular complexity index is 911. The Morgan fingerprint density at radius 3 is 2.06 bits per heavy atom. The van der Waals surface area contributed by atoms with Gasteiger partial charge < -0.3 is 42.6 Å². The molecule has 4 unspecified atom stereocenters. The first-order valence-electron chi connectivity index (χ1n) is 10.4. The van der Waals surface area contributed by atoms with Gasteiger partial charge in [-0.25, -0.2) is 9.78 Å². The van der Waals surface area contributed by atoms with E-state index in [0.29, 0.717) is 5.69 Å². The number of imidazole rings is 1. The first kappa shape index (κ1) is 29.4. The van der Waals surface area contributed by atoms with E-state index >= 15 is 0 Å². The summed E-state index contributed by atoms with van der Waals surface area (Å²) in [5, 5.41) is 25.1. The molecular formula is C19H29N7O8S. The van der Waals surface area contributed by atoms with E-state index in [-0.39, 0.29) is 37.9 Å². The van der Waals surface area contributed by atoms with Gasteiger partial charge in [0.05, 0.1) is 12.4 Å². The lowest BCUT2D eigenvalue weighted by Crippen LogP contribution is -2.58. The van der Waals surface area contributed by atoms with E-state index < -0.39 is 59.7 Å². The van der Waals surface area contributed by atoms with E-state index in [9.17, 15) is 33.9 Å². The molecule has 1 heterocycles. The molecular weight excluding hydrogens is 486 g/mol. The molecule has 10 N–H and O–H groups in total. The van der Waals surface area contributed by atoms with Crippen molar-refractivity contribution in [2.75, 3.05) is 5.75 Å². The lowest BCUT2D eigenvalue weighted by Gasteiger charge is -2.24. The molecule has 0 aliphatic carbocycles. The molecule has 16 heteroatoms. The second kappa shape index (κ2) is 14.6. The zero-order valence-corrected chi connectivity index (χ0v) is 19.5. The van der Waals surface area contributed by atoms with E-state index in [1.807, 2.05) is 0 Å². The average molecular weight is 516 g/mol. The van der Waals surface area contributed by atoms with Crippen molar-refractivity contribution in [3.05, 3.63) is 18.2 Å². The number of carboxylic acids is 2. The highest BCUT2D eigenvalue weighted by atomic mass is 32.1. The molecule has 194 valence electrons. The Hall–Kier alpha value is -3.66. The van der Waals surface area contributed by atoms with Crippen LogP contribution in [0.5, 0.6) is 0 Å². The van der Waals surface area contributed by atoms with Crippen LogP contribution in [0.2, 0.25) is 0 Å². The fourth-order valence-corrected chi connectivity index (χ4v) is 3.05. The van der Waals surface area contributed by atoms with Crippen molar-refractivity contribution in [2.24, 2.45) is 11.5 Å². The van der Waals surface area contributed by atoms with Crippen molar-refractivity contribution in [1.82, 2.24) is 25.9 Å². The van der Waals surface area contributed by atoms with E-state index in [0.717, 1.165) is 0 Å². The Labute approximate surface area is 205 Å². The fourth-order valence-electron chi connectivity index (χ4n) is 2.80. The van der Waals surface area contributed by atoms with E-state index in [1.54, 1.807) is 0 Å². The zero-order valence-electron chi connectivity index (χ0n) is 18.6. The highest BCUT2D eigenvalue weighted by Gasteiger charge is 2.30. The molecule has 1 aromatic rings. The van der Waals surface area contributed by atoms with Gasteiger partial charge in [0.25, 0.3) is 0 Å². The minimum Gasteiger partial charge on any atom is -0.481 e. The summed E-state index contributed by atoms with van der Waals surface area (Å²) in [6.45, 7) is 0. The average Bonchev–Trinajstić information content (AvgIpc) is 3.30. The summed E-state index contributed by atoms with van der Waals surface area (Å²) in [5.41, 5.74) is 11.1. The first-order chi connectivity index (χ1) is 16.4. The van der Waals surface area contributed by atoms with Gasteiger partial charge in [-0.2, -0.15) is 12.6 Å². The number of primary amides is 1. The second-order valence-corrected chi connectivity index (χ2v) is 7.89. The van der Waals surface area contributed by atoms with E-state index in [1.165, 1.54) is 12.5 Å². The SMILES string of the molecule is NC(=O)CCC(NC(=O)C(Cc1cnc[nH]1)NC(=O)C(CS)NC(=O)C(N)CCC(=O)O)C(=O)O. The van der Waals surface area contributed by atoms with Gasteiger partial charge in [-0.1, -0.05) is 0 Å². The number of hydrogen-bond acceptors (Lipinski definition) is 9. The number of nitrogens with two attached hydrogens (primary N) is 2. The molecule has 0 aliphatic rings. The molecule has 4 atom stereocenters. The summed E-state index contributed by atoms with van der Waals surface area (Å²) in [5.74, 6) is -5.94. The van der Waals surface area contributed by atoms with Gasteiger partial charge in [0.2, 0.25) is 23.6 Å². The molecule has 35 heavy (non-hydrogen) atoms. The number of nitrogens with zero attached hydrogens (tertiary/aromatic N) is 1. The Balaban J connectivity index is 2.92. The van der Waals surface area contributed by atoms with Crippen molar-refractivity contribution in [2.45, 2.75) is 56.3 Å². The molecule has 0 saturated carbocycles. The molecule has 4 amide bonds. The number of aromatic nitrogens is 2. The van der Waals surface area contributed by atoms with E-state index in [4.69, 9.17) is 16.6 Å². The van der Waals surface area contributed by atoms with Crippen molar-refractivity contribution in [3.63, 3.8) is 0 Å². The van der Waals surface area contributed by atoms with Crippen LogP contribution in [-0.4, -0.2) is 85.7 Å². The third kappa shape index (κ3) is 10.9. The fraction of sp³-hybridized carbons (Fsp3) is 0.526. The lowest BCUT2D eigenvalue weighted by atomic mass is 10.1. The monoisotopic (exact) mass is 515 g/mol. The van der Waals surface area contributed by atoms with Gasteiger partial charge in [-0.3, -0.25) is 24.0 Å². The number of carboxylic acid groups (broad SMARTS) is 2. The normalized spacial score (nSPS) is 14.1. The predicted octanol–water partition coefficient (Wildman–Crippen LogP) is -3.12. The number of hydrogen-bond donors (Lipinski definition) is 9. The second-order valence-electron chi connectivity index (χ2n) is 7.53. The van der Waals surface area contributed by atoms with Crippen LogP contribution in [0.3, 0.4) is 0 Å². The quantitative estimate of drug-likeness (QED) is 0.1000. The van der Waals surface area contributed by atoms with Crippen LogP contribution in [0.25, 0.3) is 0 Å². The summed E-state index contributed by atoms with van der Waals surface area (Å²) in [7, 11) is 0. The van der Waals surface area contributed by atoms with Crippen LogP contribution >= 0.6 is 12.6 Å². The van der Waals surface area contributed by atoms with Gasteiger partial charge >= 0.3 is 11.9 Å². The largest absolute Gasteiger partial charge is 0.481 e. The summed E-state index contributed by atoms with van der Waals surface area (Å²) >= 11 is 4.03. The number of nitrogens with one attached hydrogen (secondary N) is 4. The van der Waals surface area contributed by atoms with Crippen LogP contribution in [0.4, 0.5) is 0 Å². The smallest absolute Gasteiger partial charge is 0.326 e. The summed E-state index contributed by atoms with van der Waals surface area (Å²) < 4.78 is 0. The zero-order chi connectivity index (χ0) is 26.5. The van der Waals surface area contributed by atoms with Crippen LogP contribution in [0.1, 0.15) is 31.4 Å². The van der Waals surface area contributed by atoms with Crippen LogP contribution < -0.4 is 27.4 Å². The van der Waals surface area contributed by atoms with Crippen molar-refractivity contribution < 1.29 is 39.0 Å². The number of carbonyl (C=O) groups is 6. The highest BCUT2D eigenvalue weighted by molar-refractivity contribution is 7.80. The maximum atomic E-state index is 12.8. The van der Waals surface area contributed by atoms with Gasteiger partial charge in [0.15, 0.2) is 0 Å².